The Morgan fingerprint density at radius 2 is 2.23 bits per heavy atom. The minimum Gasteiger partial charge on any atom is -0.494 e. The number of aliphatic hydroxyl groups is 1. The first-order chi connectivity index (χ1) is 6.15. The van der Waals surface area contributed by atoms with Crippen molar-refractivity contribution < 1.29 is 14.2 Å². The van der Waals surface area contributed by atoms with Gasteiger partial charge in [-0.05, 0) is 26.0 Å². The first-order valence-electron chi connectivity index (χ1n) is 4.25. The van der Waals surface area contributed by atoms with Crippen molar-refractivity contribution in [2.24, 2.45) is 0 Å². The predicted molar refractivity (Wildman–Crippen MR) is 48.2 cm³/mol. The number of hydrogen-bond acceptors (Lipinski definition) is 2. The molecule has 1 N–H and O–H groups in total. The van der Waals surface area contributed by atoms with E-state index in [1.165, 1.54) is 19.1 Å². The Morgan fingerprint density at radius 3 is 2.69 bits per heavy atom. The number of hydrogen-bond donors (Lipinski definition) is 1. The van der Waals surface area contributed by atoms with Gasteiger partial charge in [-0.2, -0.15) is 0 Å². The van der Waals surface area contributed by atoms with E-state index in [0.29, 0.717) is 17.9 Å². The van der Waals surface area contributed by atoms with Crippen LogP contribution in [0.3, 0.4) is 0 Å². The van der Waals surface area contributed by atoms with Crippen LogP contribution in [0.2, 0.25) is 0 Å². The van der Waals surface area contributed by atoms with E-state index in [2.05, 4.69) is 0 Å². The predicted octanol–water partition coefficient (Wildman–Crippen LogP) is 2.28. The van der Waals surface area contributed by atoms with Gasteiger partial charge in [0.05, 0.1) is 12.7 Å². The first kappa shape index (κ1) is 9.99. The number of rotatable bonds is 3. The Morgan fingerprint density at radius 1 is 1.54 bits per heavy atom. The van der Waals surface area contributed by atoms with Gasteiger partial charge in [-0.15, -0.1) is 0 Å². The molecule has 13 heavy (non-hydrogen) atoms. The molecule has 0 heterocycles. The summed E-state index contributed by atoms with van der Waals surface area (Å²) >= 11 is 0. The van der Waals surface area contributed by atoms with Crippen molar-refractivity contribution in [3.8, 4) is 5.75 Å². The van der Waals surface area contributed by atoms with E-state index in [1.807, 2.05) is 6.92 Å². The summed E-state index contributed by atoms with van der Waals surface area (Å²) in [6, 6.07) is 4.46. The lowest BCUT2D eigenvalue weighted by Gasteiger charge is -2.08. The fraction of sp³-hybridized carbons (Fsp3) is 0.400. The van der Waals surface area contributed by atoms with E-state index < -0.39 is 11.9 Å². The lowest BCUT2D eigenvalue weighted by atomic mass is 10.1. The van der Waals surface area contributed by atoms with Crippen molar-refractivity contribution in [3.05, 3.63) is 29.6 Å². The monoisotopic (exact) mass is 184 g/mol. The summed E-state index contributed by atoms with van der Waals surface area (Å²) in [5.74, 6) is 0.0605. The maximum atomic E-state index is 13.2. The smallest absolute Gasteiger partial charge is 0.132 e. The summed E-state index contributed by atoms with van der Waals surface area (Å²) in [5, 5.41) is 9.14. The van der Waals surface area contributed by atoms with Gasteiger partial charge in [-0.1, -0.05) is 0 Å². The van der Waals surface area contributed by atoms with Crippen LogP contribution < -0.4 is 4.74 Å². The molecule has 1 aromatic rings. The molecule has 0 saturated heterocycles. The van der Waals surface area contributed by atoms with Gasteiger partial charge in [0, 0.05) is 11.6 Å². The van der Waals surface area contributed by atoms with Crippen LogP contribution in [0.4, 0.5) is 4.39 Å². The van der Waals surface area contributed by atoms with Gasteiger partial charge < -0.3 is 9.84 Å². The number of benzene rings is 1. The Labute approximate surface area is 77.0 Å². The van der Waals surface area contributed by atoms with Crippen LogP contribution in [0.5, 0.6) is 5.75 Å². The van der Waals surface area contributed by atoms with E-state index >= 15 is 0 Å². The third-order valence-corrected chi connectivity index (χ3v) is 1.73. The highest BCUT2D eigenvalue weighted by Gasteiger charge is 2.08. The van der Waals surface area contributed by atoms with Crippen molar-refractivity contribution in [2.45, 2.75) is 20.0 Å². The molecule has 1 atom stereocenters. The van der Waals surface area contributed by atoms with Gasteiger partial charge in [-0.25, -0.2) is 4.39 Å². The molecule has 1 unspecified atom stereocenters. The lowest BCUT2D eigenvalue weighted by molar-refractivity contribution is 0.194. The highest BCUT2D eigenvalue weighted by molar-refractivity contribution is 5.29. The fourth-order valence-electron chi connectivity index (χ4n) is 1.10. The van der Waals surface area contributed by atoms with Crippen molar-refractivity contribution in [1.29, 1.82) is 0 Å². The molecule has 0 aliphatic rings. The van der Waals surface area contributed by atoms with Crippen LogP contribution in [0, 0.1) is 5.82 Å². The van der Waals surface area contributed by atoms with E-state index in [1.54, 1.807) is 6.07 Å². The van der Waals surface area contributed by atoms with Gasteiger partial charge in [-0.3, -0.25) is 0 Å². The molecule has 0 aliphatic carbocycles. The van der Waals surface area contributed by atoms with Crippen molar-refractivity contribution in [2.75, 3.05) is 6.61 Å². The highest BCUT2D eigenvalue weighted by atomic mass is 19.1. The minimum atomic E-state index is -0.782. The molecule has 0 spiro atoms. The molecule has 3 heteroatoms. The molecule has 0 aliphatic heterocycles. The Bertz CT molecular complexity index is 284. The second kappa shape index (κ2) is 4.23. The second-order valence-corrected chi connectivity index (χ2v) is 2.79. The normalized spacial score (nSPS) is 12.6. The minimum absolute atomic E-state index is 0.295. The molecule has 0 bridgehead atoms. The van der Waals surface area contributed by atoms with Crippen molar-refractivity contribution in [3.63, 3.8) is 0 Å². The van der Waals surface area contributed by atoms with E-state index in [9.17, 15) is 4.39 Å². The van der Waals surface area contributed by atoms with E-state index in [4.69, 9.17) is 9.84 Å². The molecule has 1 rings (SSSR count). The van der Waals surface area contributed by atoms with Crippen LogP contribution in [0.15, 0.2) is 18.2 Å². The summed E-state index contributed by atoms with van der Waals surface area (Å²) < 4.78 is 18.3. The van der Waals surface area contributed by atoms with Crippen molar-refractivity contribution in [1.82, 2.24) is 0 Å². The number of aliphatic hydroxyl groups excluding tert-OH is 1. The molecule has 0 radical (unpaired) electrons. The largest absolute Gasteiger partial charge is 0.494 e. The average Bonchev–Trinajstić information content (AvgIpc) is 2.04. The molecule has 2 nitrogen and oxygen atoms in total. The zero-order valence-electron chi connectivity index (χ0n) is 7.75. The Balaban J connectivity index is 2.92. The molecule has 0 fully saturated rings. The van der Waals surface area contributed by atoms with E-state index in [-0.39, 0.29) is 0 Å². The van der Waals surface area contributed by atoms with Gasteiger partial charge in [0.15, 0.2) is 0 Å². The fourth-order valence-corrected chi connectivity index (χ4v) is 1.10. The van der Waals surface area contributed by atoms with Crippen LogP contribution in [-0.4, -0.2) is 11.7 Å². The molecule has 0 saturated carbocycles. The third kappa shape index (κ3) is 2.42. The van der Waals surface area contributed by atoms with Crippen LogP contribution in [-0.2, 0) is 0 Å². The Hall–Kier alpha value is -1.09. The first-order valence-corrected chi connectivity index (χ1v) is 4.25. The number of ether oxygens (including phenoxy) is 1. The van der Waals surface area contributed by atoms with Crippen molar-refractivity contribution >= 4 is 0 Å². The van der Waals surface area contributed by atoms with Crippen LogP contribution in [0.1, 0.15) is 25.5 Å². The lowest BCUT2D eigenvalue weighted by Crippen LogP contribution is -1.97. The van der Waals surface area contributed by atoms with Gasteiger partial charge in [0.25, 0.3) is 0 Å². The summed E-state index contributed by atoms with van der Waals surface area (Å²) in [5.41, 5.74) is 0.295. The molecule has 0 aromatic heterocycles. The van der Waals surface area contributed by atoms with Crippen LogP contribution >= 0.6 is 0 Å². The second-order valence-electron chi connectivity index (χ2n) is 2.79. The standard InChI is InChI=1S/C10H13FO2/c1-3-13-8-4-5-9(7(2)12)10(11)6-8/h4-7,12H,3H2,1-2H3. The summed E-state index contributed by atoms with van der Waals surface area (Å²) in [6.07, 6.45) is -0.782. The van der Waals surface area contributed by atoms with Crippen LogP contribution in [0.25, 0.3) is 0 Å². The molecule has 72 valence electrons. The zero-order chi connectivity index (χ0) is 9.84. The zero-order valence-corrected chi connectivity index (χ0v) is 7.75. The SMILES string of the molecule is CCOc1ccc(C(C)O)c(F)c1. The molecule has 1 aromatic carbocycles. The van der Waals surface area contributed by atoms with Gasteiger partial charge in [0.1, 0.15) is 11.6 Å². The van der Waals surface area contributed by atoms with E-state index in [0.717, 1.165) is 0 Å². The molecular weight excluding hydrogens is 171 g/mol. The molecular formula is C10H13FO2. The summed E-state index contributed by atoms with van der Waals surface area (Å²) in [6.45, 7) is 3.87. The topological polar surface area (TPSA) is 29.5 Å². The quantitative estimate of drug-likeness (QED) is 0.780. The number of halogens is 1. The average molecular weight is 184 g/mol. The summed E-state index contributed by atoms with van der Waals surface area (Å²) in [7, 11) is 0. The maximum absolute atomic E-state index is 13.2. The Kier molecular flexibility index (Phi) is 3.25. The third-order valence-electron chi connectivity index (χ3n) is 1.73. The maximum Gasteiger partial charge on any atom is 0.132 e. The summed E-state index contributed by atoms with van der Waals surface area (Å²) in [4.78, 5) is 0. The molecule has 0 amide bonds. The van der Waals surface area contributed by atoms with Gasteiger partial charge >= 0.3 is 0 Å². The highest BCUT2D eigenvalue weighted by Crippen LogP contribution is 2.21. The van der Waals surface area contributed by atoms with Gasteiger partial charge in [0.2, 0.25) is 0 Å².